The molecule has 0 aromatic heterocycles. The van der Waals surface area contributed by atoms with Crippen LogP contribution in [0.25, 0.3) is 6.08 Å². The number of hydrogen-bond donors (Lipinski definition) is 2. The molecule has 0 aliphatic rings. The third kappa shape index (κ3) is 14.0. The predicted molar refractivity (Wildman–Crippen MR) is 155 cm³/mol. The molecule has 0 aliphatic heterocycles. The number of hydrogen-bond acceptors (Lipinski definition) is 6. The minimum atomic E-state index is -0.536. The van der Waals surface area contributed by atoms with Crippen molar-refractivity contribution in [3.05, 3.63) is 65.7 Å². The molecule has 210 valence electrons. The van der Waals surface area contributed by atoms with Crippen molar-refractivity contribution >= 4 is 30.1 Å². The van der Waals surface area contributed by atoms with E-state index in [9.17, 15) is 14.4 Å². The summed E-state index contributed by atoms with van der Waals surface area (Å²) in [4.78, 5) is 36.1. The molecule has 0 fully saturated rings. The second-order valence-corrected chi connectivity index (χ2v) is 9.22. The Morgan fingerprint density at radius 2 is 1.51 bits per heavy atom. The standard InChI is InChI=1S/C31H41N3O5/c1-3-4-5-6-7-8-9-10-14-17-29(35)32-24-30(36)34-33-23-26-18-20-27(28(22-26)38-2)39-31(37)21-19-25-15-12-11-13-16-25/h11-13,15-16,18-23H,3-10,14,17,24H2,1-2H3,(H,32,35)(H,34,36)/b21-19+,33-23+. The molecule has 39 heavy (non-hydrogen) atoms. The van der Waals surface area contributed by atoms with Gasteiger partial charge in [-0.1, -0.05) is 88.6 Å². The second-order valence-electron chi connectivity index (χ2n) is 9.22. The number of unbranched alkanes of at least 4 members (excludes halogenated alkanes) is 8. The maximum atomic E-state index is 12.2. The van der Waals surface area contributed by atoms with Gasteiger partial charge in [0, 0.05) is 12.5 Å². The van der Waals surface area contributed by atoms with Crippen LogP contribution in [0.4, 0.5) is 0 Å². The van der Waals surface area contributed by atoms with Crippen LogP contribution in [0.15, 0.2) is 59.7 Å². The first-order chi connectivity index (χ1) is 19.0. The Morgan fingerprint density at radius 1 is 0.821 bits per heavy atom. The number of esters is 1. The third-order valence-corrected chi connectivity index (χ3v) is 5.97. The van der Waals surface area contributed by atoms with Gasteiger partial charge in [-0.2, -0.15) is 5.10 Å². The molecule has 0 unspecified atom stereocenters. The molecular weight excluding hydrogens is 494 g/mol. The highest BCUT2D eigenvalue weighted by molar-refractivity contribution is 5.90. The number of rotatable bonds is 18. The Morgan fingerprint density at radius 3 is 2.21 bits per heavy atom. The molecule has 0 saturated carbocycles. The molecule has 8 heteroatoms. The van der Waals surface area contributed by atoms with Gasteiger partial charge in [-0.15, -0.1) is 0 Å². The largest absolute Gasteiger partial charge is 0.493 e. The van der Waals surface area contributed by atoms with E-state index in [-0.39, 0.29) is 18.2 Å². The van der Waals surface area contributed by atoms with Crippen molar-refractivity contribution in [2.45, 2.75) is 71.1 Å². The zero-order valence-corrected chi connectivity index (χ0v) is 23.1. The zero-order chi connectivity index (χ0) is 28.1. The fourth-order valence-electron chi connectivity index (χ4n) is 3.80. The van der Waals surface area contributed by atoms with Gasteiger partial charge in [-0.3, -0.25) is 9.59 Å². The fraction of sp³-hybridized carbons (Fsp3) is 0.419. The van der Waals surface area contributed by atoms with Gasteiger partial charge in [0.1, 0.15) is 0 Å². The van der Waals surface area contributed by atoms with E-state index in [0.717, 1.165) is 24.8 Å². The van der Waals surface area contributed by atoms with Crippen molar-refractivity contribution in [2.24, 2.45) is 5.10 Å². The van der Waals surface area contributed by atoms with Gasteiger partial charge < -0.3 is 14.8 Å². The second kappa shape index (κ2) is 19.2. The molecule has 0 aliphatic carbocycles. The van der Waals surface area contributed by atoms with E-state index >= 15 is 0 Å². The van der Waals surface area contributed by atoms with Gasteiger partial charge >= 0.3 is 5.97 Å². The monoisotopic (exact) mass is 535 g/mol. The smallest absolute Gasteiger partial charge is 0.336 e. The van der Waals surface area contributed by atoms with E-state index in [0.29, 0.717) is 17.7 Å². The summed E-state index contributed by atoms with van der Waals surface area (Å²) in [5.41, 5.74) is 3.90. The van der Waals surface area contributed by atoms with Crippen LogP contribution in [-0.4, -0.2) is 37.7 Å². The lowest BCUT2D eigenvalue weighted by atomic mass is 10.1. The van der Waals surface area contributed by atoms with E-state index < -0.39 is 11.9 Å². The first-order valence-electron chi connectivity index (χ1n) is 13.7. The Kier molecular flexibility index (Phi) is 15.4. The summed E-state index contributed by atoms with van der Waals surface area (Å²) in [5.74, 6) is -0.489. The van der Waals surface area contributed by atoms with Crippen LogP contribution < -0.4 is 20.2 Å². The molecule has 0 atom stereocenters. The lowest BCUT2D eigenvalue weighted by Gasteiger charge is -2.08. The first-order valence-corrected chi connectivity index (χ1v) is 13.7. The maximum absolute atomic E-state index is 12.2. The van der Waals surface area contributed by atoms with Crippen LogP contribution in [0.5, 0.6) is 11.5 Å². The summed E-state index contributed by atoms with van der Waals surface area (Å²) in [7, 11) is 1.46. The predicted octanol–water partition coefficient (Wildman–Crippen LogP) is 5.80. The van der Waals surface area contributed by atoms with Crippen LogP contribution in [-0.2, 0) is 14.4 Å². The average Bonchev–Trinajstić information content (AvgIpc) is 2.95. The van der Waals surface area contributed by atoms with Crippen molar-refractivity contribution < 1.29 is 23.9 Å². The molecule has 2 aromatic carbocycles. The van der Waals surface area contributed by atoms with Crippen LogP contribution in [0, 0.1) is 0 Å². The number of hydrazone groups is 1. The van der Waals surface area contributed by atoms with Crippen LogP contribution in [0.2, 0.25) is 0 Å². The molecule has 0 radical (unpaired) electrons. The van der Waals surface area contributed by atoms with Crippen LogP contribution in [0.3, 0.4) is 0 Å². The van der Waals surface area contributed by atoms with E-state index in [1.807, 2.05) is 30.3 Å². The Labute approximate surface area is 231 Å². The molecule has 0 saturated heterocycles. The van der Waals surface area contributed by atoms with E-state index in [2.05, 4.69) is 22.8 Å². The molecule has 0 spiro atoms. The minimum Gasteiger partial charge on any atom is -0.493 e. The number of carbonyl (C=O) groups is 3. The van der Waals surface area contributed by atoms with Gasteiger partial charge in [0.15, 0.2) is 11.5 Å². The van der Waals surface area contributed by atoms with E-state index in [4.69, 9.17) is 9.47 Å². The normalized spacial score (nSPS) is 11.0. The molecule has 2 N–H and O–H groups in total. The molecular formula is C31H41N3O5. The van der Waals surface area contributed by atoms with Gasteiger partial charge in [-0.25, -0.2) is 10.2 Å². The number of carbonyl (C=O) groups excluding carboxylic acids is 3. The summed E-state index contributed by atoms with van der Waals surface area (Å²) in [6.07, 6.45) is 15.6. The van der Waals surface area contributed by atoms with Crippen molar-refractivity contribution in [1.82, 2.24) is 10.7 Å². The Hall–Kier alpha value is -3.94. The lowest BCUT2D eigenvalue weighted by molar-refractivity contribution is -0.129. The van der Waals surface area contributed by atoms with Gasteiger partial charge in [-0.05, 0) is 41.8 Å². The summed E-state index contributed by atoms with van der Waals surface area (Å²) in [5, 5.41) is 6.54. The van der Waals surface area contributed by atoms with Gasteiger partial charge in [0.25, 0.3) is 5.91 Å². The fourth-order valence-corrected chi connectivity index (χ4v) is 3.80. The quantitative estimate of drug-likeness (QED) is 0.0627. The van der Waals surface area contributed by atoms with Crippen molar-refractivity contribution in [2.75, 3.05) is 13.7 Å². The Balaban J connectivity index is 1.67. The Bertz CT molecular complexity index is 1080. The topological polar surface area (TPSA) is 106 Å². The highest BCUT2D eigenvalue weighted by atomic mass is 16.6. The number of benzene rings is 2. The zero-order valence-electron chi connectivity index (χ0n) is 23.1. The van der Waals surface area contributed by atoms with Crippen LogP contribution >= 0.6 is 0 Å². The molecule has 2 rings (SSSR count). The average molecular weight is 536 g/mol. The number of nitrogens with one attached hydrogen (secondary N) is 2. The third-order valence-electron chi connectivity index (χ3n) is 5.97. The highest BCUT2D eigenvalue weighted by Crippen LogP contribution is 2.27. The van der Waals surface area contributed by atoms with Crippen molar-refractivity contribution in [1.29, 1.82) is 0 Å². The van der Waals surface area contributed by atoms with E-state index in [1.165, 1.54) is 57.9 Å². The number of amides is 2. The van der Waals surface area contributed by atoms with Crippen molar-refractivity contribution in [3.63, 3.8) is 0 Å². The summed E-state index contributed by atoms with van der Waals surface area (Å²) >= 11 is 0. The number of ether oxygens (including phenoxy) is 2. The van der Waals surface area contributed by atoms with Gasteiger partial charge in [0.2, 0.25) is 5.91 Å². The molecule has 0 heterocycles. The minimum absolute atomic E-state index is 0.134. The maximum Gasteiger partial charge on any atom is 0.336 e. The van der Waals surface area contributed by atoms with Gasteiger partial charge in [0.05, 0.1) is 19.9 Å². The number of nitrogens with zero attached hydrogens (tertiary/aromatic N) is 1. The summed E-state index contributed by atoms with van der Waals surface area (Å²) < 4.78 is 10.7. The van der Waals surface area contributed by atoms with E-state index in [1.54, 1.807) is 24.3 Å². The van der Waals surface area contributed by atoms with Crippen molar-refractivity contribution in [3.8, 4) is 11.5 Å². The molecule has 0 bridgehead atoms. The summed E-state index contributed by atoms with van der Waals surface area (Å²) in [6, 6.07) is 14.3. The summed E-state index contributed by atoms with van der Waals surface area (Å²) in [6.45, 7) is 2.08. The first kappa shape index (κ1) is 31.3. The molecule has 8 nitrogen and oxygen atoms in total. The molecule has 2 aromatic rings. The SMILES string of the molecule is CCCCCCCCCCCC(=O)NCC(=O)N/N=C/c1ccc(OC(=O)/C=C/c2ccccc2)c(OC)c1. The molecule has 2 amide bonds. The number of methoxy groups -OCH3 is 1. The highest BCUT2D eigenvalue weighted by Gasteiger charge is 2.09. The van der Waals surface area contributed by atoms with Crippen LogP contribution in [0.1, 0.15) is 82.3 Å². The lowest BCUT2D eigenvalue weighted by Crippen LogP contribution is -2.34.